The van der Waals surface area contributed by atoms with E-state index < -0.39 is 0 Å². The molecule has 0 atom stereocenters. The summed E-state index contributed by atoms with van der Waals surface area (Å²) < 4.78 is 0. The third-order valence-corrected chi connectivity index (χ3v) is 5.40. The Morgan fingerprint density at radius 1 is 1.20 bits per heavy atom. The number of pyridine rings is 1. The number of piperazine rings is 1. The third-order valence-electron chi connectivity index (χ3n) is 5.40. The van der Waals surface area contributed by atoms with Crippen LogP contribution in [-0.2, 0) is 11.2 Å². The molecule has 0 unspecified atom stereocenters. The highest BCUT2D eigenvalue weighted by Crippen LogP contribution is 2.15. The highest BCUT2D eigenvalue weighted by Gasteiger charge is 2.22. The van der Waals surface area contributed by atoms with Gasteiger partial charge in [-0.3, -0.25) is 9.59 Å². The summed E-state index contributed by atoms with van der Waals surface area (Å²) in [6.45, 7) is 4.53. The fourth-order valence-corrected chi connectivity index (χ4v) is 3.68. The predicted octanol–water partition coefficient (Wildman–Crippen LogP) is 1.78. The first-order valence-electron chi connectivity index (χ1n) is 9.92. The number of hydrogen-bond donors (Lipinski definition) is 1. The largest absolute Gasteiger partial charge is 0.353 e. The summed E-state index contributed by atoms with van der Waals surface area (Å²) in [4.78, 5) is 40.6. The van der Waals surface area contributed by atoms with Crippen LogP contribution in [0, 0.1) is 18.3 Å². The number of rotatable bonds is 4. The van der Waals surface area contributed by atoms with Crippen LogP contribution in [0.4, 0.5) is 5.82 Å². The molecular formula is C22H22N6O2. The van der Waals surface area contributed by atoms with Gasteiger partial charge >= 0.3 is 0 Å². The monoisotopic (exact) mass is 402 g/mol. The molecule has 8 heteroatoms. The van der Waals surface area contributed by atoms with Crippen molar-refractivity contribution in [3.63, 3.8) is 0 Å². The number of fused-ring (bicyclic) bond motifs is 1. The first-order chi connectivity index (χ1) is 14.5. The van der Waals surface area contributed by atoms with Crippen LogP contribution in [0.1, 0.15) is 23.4 Å². The Morgan fingerprint density at radius 2 is 2.00 bits per heavy atom. The molecule has 4 rings (SSSR count). The van der Waals surface area contributed by atoms with Gasteiger partial charge in [-0.25, -0.2) is 9.97 Å². The minimum absolute atomic E-state index is 0.0509. The zero-order chi connectivity index (χ0) is 21.1. The molecule has 1 amide bonds. The van der Waals surface area contributed by atoms with Gasteiger partial charge in [0.05, 0.1) is 16.5 Å². The van der Waals surface area contributed by atoms with E-state index in [0.717, 1.165) is 11.4 Å². The van der Waals surface area contributed by atoms with Crippen LogP contribution in [0.2, 0.25) is 0 Å². The number of aromatic nitrogens is 3. The normalized spacial score (nSPS) is 14.0. The van der Waals surface area contributed by atoms with Gasteiger partial charge in [0, 0.05) is 45.2 Å². The Kier molecular flexibility index (Phi) is 5.44. The lowest BCUT2D eigenvalue weighted by molar-refractivity contribution is -0.131. The van der Waals surface area contributed by atoms with E-state index in [4.69, 9.17) is 5.26 Å². The molecule has 2 aromatic heterocycles. The molecule has 30 heavy (non-hydrogen) atoms. The van der Waals surface area contributed by atoms with Crippen molar-refractivity contribution in [2.24, 2.45) is 0 Å². The Hall–Kier alpha value is -3.73. The number of anilines is 1. The molecule has 152 valence electrons. The molecule has 0 spiro atoms. The van der Waals surface area contributed by atoms with E-state index in [2.05, 4.69) is 25.9 Å². The van der Waals surface area contributed by atoms with Crippen LogP contribution in [0.3, 0.4) is 0 Å². The second-order valence-corrected chi connectivity index (χ2v) is 7.37. The van der Waals surface area contributed by atoms with Gasteiger partial charge in [0.2, 0.25) is 5.91 Å². The van der Waals surface area contributed by atoms with Crippen LogP contribution in [0.5, 0.6) is 0 Å². The van der Waals surface area contributed by atoms with Gasteiger partial charge < -0.3 is 14.8 Å². The molecular weight excluding hydrogens is 380 g/mol. The topological polar surface area (TPSA) is 106 Å². The van der Waals surface area contributed by atoms with Crippen molar-refractivity contribution in [1.82, 2.24) is 19.9 Å². The van der Waals surface area contributed by atoms with E-state index in [1.165, 1.54) is 0 Å². The van der Waals surface area contributed by atoms with Gasteiger partial charge in [0.25, 0.3) is 5.56 Å². The highest BCUT2D eigenvalue weighted by atomic mass is 16.2. The zero-order valence-electron chi connectivity index (χ0n) is 16.8. The number of hydrogen-bond acceptors (Lipinski definition) is 6. The number of aryl methyl sites for hydroxylation is 2. The molecule has 0 saturated carbocycles. The van der Waals surface area contributed by atoms with Gasteiger partial charge in [-0.05, 0) is 30.7 Å². The molecule has 0 radical (unpaired) electrons. The van der Waals surface area contributed by atoms with E-state index >= 15 is 0 Å². The summed E-state index contributed by atoms with van der Waals surface area (Å²) in [5.41, 5.74) is 1.99. The van der Waals surface area contributed by atoms with Gasteiger partial charge in [-0.2, -0.15) is 5.26 Å². The smallest absolute Gasteiger partial charge is 0.258 e. The van der Waals surface area contributed by atoms with Gasteiger partial charge in [-0.15, -0.1) is 0 Å². The molecule has 1 aliphatic rings. The van der Waals surface area contributed by atoms with E-state index in [1.54, 1.807) is 18.3 Å². The first-order valence-corrected chi connectivity index (χ1v) is 9.92. The molecule has 1 aromatic carbocycles. The van der Waals surface area contributed by atoms with Crippen molar-refractivity contribution in [3.05, 3.63) is 63.8 Å². The number of carbonyl (C=O) groups is 1. The molecule has 8 nitrogen and oxygen atoms in total. The average Bonchev–Trinajstić information content (AvgIpc) is 2.78. The van der Waals surface area contributed by atoms with E-state index in [9.17, 15) is 9.59 Å². The van der Waals surface area contributed by atoms with Crippen molar-refractivity contribution in [1.29, 1.82) is 5.26 Å². The fourth-order valence-electron chi connectivity index (χ4n) is 3.68. The number of nitrogens with one attached hydrogen (secondary N) is 1. The van der Waals surface area contributed by atoms with Gasteiger partial charge in [-0.1, -0.05) is 12.1 Å². The quantitative estimate of drug-likeness (QED) is 0.713. The Labute approximate surface area is 173 Å². The summed E-state index contributed by atoms with van der Waals surface area (Å²) in [5.74, 6) is 1.40. The Balaban J connectivity index is 1.35. The van der Waals surface area contributed by atoms with E-state index in [1.807, 2.05) is 30.0 Å². The van der Waals surface area contributed by atoms with Crippen LogP contribution >= 0.6 is 0 Å². The van der Waals surface area contributed by atoms with Crippen LogP contribution in [0.15, 0.2) is 41.3 Å². The fraction of sp³-hybridized carbons (Fsp3) is 0.318. The Bertz CT molecular complexity index is 1170. The summed E-state index contributed by atoms with van der Waals surface area (Å²) in [6.07, 6.45) is 2.26. The second-order valence-electron chi connectivity index (χ2n) is 7.37. The minimum atomic E-state index is -0.172. The summed E-state index contributed by atoms with van der Waals surface area (Å²) in [6, 6.07) is 11.2. The number of amides is 1. The maximum atomic E-state index is 12.6. The van der Waals surface area contributed by atoms with Gasteiger partial charge in [0.15, 0.2) is 0 Å². The Morgan fingerprint density at radius 3 is 2.70 bits per heavy atom. The van der Waals surface area contributed by atoms with Crippen molar-refractivity contribution in [2.75, 3.05) is 31.1 Å². The number of benzene rings is 1. The van der Waals surface area contributed by atoms with Crippen molar-refractivity contribution >= 4 is 22.6 Å². The van der Waals surface area contributed by atoms with E-state index in [-0.39, 0.29) is 11.5 Å². The molecule has 1 fully saturated rings. The van der Waals surface area contributed by atoms with Crippen LogP contribution in [0.25, 0.3) is 10.9 Å². The number of para-hydroxylation sites is 1. The number of aromatic amines is 1. The summed E-state index contributed by atoms with van der Waals surface area (Å²) in [5, 5.41) is 9.44. The second kappa shape index (κ2) is 8.33. The number of nitriles is 1. The van der Waals surface area contributed by atoms with E-state index in [0.29, 0.717) is 61.3 Å². The first kappa shape index (κ1) is 19.6. The SMILES string of the molecule is Cc1cccc2c(=O)[nH]c(CCC(=O)N3CCN(c4ccc(C#N)cn4)CC3)nc12. The number of nitrogens with zero attached hydrogens (tertiary/aromatic N) is 5. The lowest BCUT2D eigenvalue weighted by atomic mass is 10.1. The standard InChI is InChI=1S/C22H22N6O2/c1-15-3-2-4-17-21(15)25-18(26-22(17)30)6-8-20(29)28-11-9-27(10-12-28)19-7-5-16(13-23)14-24-19/h2-5,7,14H,6,8-12H2,1H3,(H,25,26,30). The van der Waals surface area contributed by atoms with Crippen LogP contribution in [-0.4, -0.2) is 51.9 Å². The minimum Gasteiger partial charge on any atom is -0.353 e. The lowest BCUT2D eigenvalue weighted by Gasteiger charge is -2.35. The van der Waals surface area contributed by atoms with Gasteiger partial charge in [0.1, 0.15) is 17.7 Å². The number of carbonyl (C=O) groups excluding carboxylic acids is 1. The highest BCUT2D eigenvalue weighted by molar-refractivity contribution is 5.81. The molecule has 1 aliphatic heterocycles. The molecule has 3 heterocycles. The zero-order valence-corrected chi connectivity index (χ0v) is 16.8. The third kappa shape index (κ3) is 4.01. The average molecular weight is 402 g/mol. The van der Waals surface area contributed by atoms with Crippen LogP contribution < -0.4 is 10.5 Å². The maximum absolute atomic E-state index is 12.6. The van der Waals surface area contributed by atoms with Crippen molar-refractivity contribution in [3.8, 4) is 6.07 Å². The van der Waals surface area contributed by atoms with Crippen molar-refractivity contribution < 1.29 is 4.79 Å². The molecule has 1 saturated heterocycles. The molecule has 1 N–H and O–H groups in total. The predicted molar refractivity (Wildman–Crippen MR) is 113 cm³/mol. The number of H-pyrrole nitrogens is 1. The maximum Gasteiger partial charge on any atom is 0.258 e. The lowest BCUT2D eigenvalue weighted by Crippen LogP contribution is -2.49. The van der Waals surface area contributed by atoms with Crippen molar-refractivity contribution in [2.45, 2.75) is 19.8 Å². The molecule has 0 bridgehead atoms. The summed E-state index contributed by atoms with van der Waals surface area (Å²) in [7, 11) is 0. The molecule has 0 aliphatic carbocycles. The molecule has 3 aromatic rings. The summed E-state index contributed by atoms with van der Waals surface area (Å²) >= 11 is 0.